The number of para-hydroxylation sites is 1. The van der Waals surface area contributed by atoms with E-state index < -0.39 is 0 Å². The molecule has 0 radical (unpaired) electrons. The van der Waals surface area contributed by atoms with Crippen LogP contribution >= 0.6 is 0 Å². The average molecular weight is 410 g/mol. The van der Waals surface area contributed by atoms with Gasteiger partial charge < -0.3 is 16.0 Å². The van der Waals surface area contributed by atoms with E-state index in [0.29, 0.717) is 6.54 Å². The number of carbonyl (C=O) groups excluding carboxylic acids is 2. The number of piperidine rings is 1. The van der Waals surface area contributed by atoms with E-state index in [4.69, 9.17) is 5.73 Å². The summed E-state index contributed by atoms with van der Waals surface area (Å²) in [6.45, 7) is 7.12. The van der Waals surface area contributed by atoms with Crippen molar-refractivity contribution in [2.75, 3.05) is 26.2 Å². The molecule has 2 aromatic rings. The van der Waals surface area contributed by atoms with E-state index in [-0.39, 0.29) is 17.7 Å². The van der Waals surface area contributed by atoms with Gasteiger partial charge in [0.05, 0.1) is 17.3 Å². The molecular weight excluding hydrogens is 378 g/mol. The van der Waals surface area contributed by atoms with E-state index in [1.807, 2.05) is 54.9 Å². The van der Waals surface area contributed by atoms with Gasteiger partial charge in [-0.2, -0.15) is 5.10 Å². The number of primary amides is 1. The molecule has 7 heteroatoms. The summed E-state index contributed by atoms with van der Waals surface area (Å²) in [5.41, 5.74) is 9.26. The van der Waals surface area contributed by atoms with Gasteiger partial charge in [0, 0.05) is 30.4 Å². The maximum absolute atomic E-state index is 12.2. The zero-order valence-electron chi connectivity index (χ0n) is 17.8. The Labute approximate surface area is 177 Å². The molecule has 7 nitrogen and oxygen atoms in total. The summed E-state index contributed by atoms with van der Waals surface area (Å²) in [7, 11) is 0. The molecule has 1 aliphatic heterocycles. The third-order valence-corrected chi connectivity index (χ3v) is 5.61. The van der Waals surface area contributed by atoms with Crippen molar-refractivity contribution in [1.29, 1.82) is 0 Å². The first-order valence-electron chi connectivity index (χ1n) is 10.5. The van der Waals surface area contributed by atoms with Crippen molar-refractivity contribution in [3.63, 3.8) is 0 Å². The van der Waals surface area contributed by atoms with Crippen LogP contribution < -0.4 is 11.1 Å². The molecule has 1 aliphatic rings. The molecule has 160 valence electrons. The van der Waals surface area contributed by atoms with Gasteiger partial charge in [0.2, 0.25) is 11.8 Å². The van der Waals surface area contributed by atoms with Crippen LogP contribution in [-0.4, -0.2) is 52.7 Å². The Morgan fingerprint density at radius 1 is 1.27 bits per heavy atom. The van der Waals surface area contributed by atoms with Crippen LogP contribution in [0.3, 0.4) is 0 Å². The standard InChI is InChI=1S/C23H31N5O2/c1-17-21(18(2)28(26-17)20-9-4-3-5-10-20)11-12-22(29)25-13-7-15-27-14-6-8-19(16-27)23(24)30/h3-5,9-12,19H,6-8,13-16H2,1-2H3,(H2,24,30)(H,25,29)/b12-11+. The average Bonchev–Trinajstić information content (AvgIpc) is 3.04. The molecule has 2 heterocycles. The lowest BCUT2D eigenvalue weighted by molar-refractivity contribution is -0.123. The first kappa shape index (κ1) is 21.8. The highest BCUT2D eigenvalue weighted by Crippen LogP contribution is 2.19. The largest absolute Gasteiger partial charge is 0.369 e. The minimum Gasteiger partial charge on any atom is -0.369 e. The summed E-state index contributed by atoms with van der Waals surface area (Å²) >= 11 is 0. The van der Waals surface area contributed by atoms with Crippen LogP contribution in [0.15, 0.2) is 36.4 Å². The summed E-state index contributed by atoms with van der Waals surface area (Å²) in [5.74, 6) is -0.367. The second-order valence-corrected chi connectivity index (χ2v) is 7.85. The third kappa shape index (κ3) is 5.57. The topological polar surface area (TPSA) is 93.2 Å². The predicted octanol–water partition coefficient (Wildman–Crippen LogP) is 2.21. The van der Waals surface area contributed by atoms with E-state index in [1.165, 1.54) is 0 Å². The lowest BCUT2D eigenvalue weighted by Gasteiger charge is -2.31. The Morgan fingerprint density at radius 2 is 2.03 bits per heavy atom. The minimum atomic E-state index is -0.209. The van der Waals surface area contributed by atoms with Gasteiger partial charge in [-0.25, -0.2) is 4.68 Å². The molecule has 1 aromatic carbocycles. The summed E-state index contributed by atoms with van der Waals surface area (Å²) in [6, 6.07) is 9.95. The van der Waals surface area contributed by atoms with Gasteiger partial charge in [-0.15, -0.1) is 0 Å². The van der Waals surface area contributed by atoms with Gasteiger partial charge in [0.15, 0.2) is 0 Å². The van der Waals surface area contributed by atoms with E-state index in [1.54, 1.807) is 6.08 Å². The number of hydrogen-bond acceptors (Lipinski definition) is 4. The molecule has 1 fully saturated rings. The van der Waals surface area contributed by atoms with Gasteiger partial charge in [0.25, 0.3) is 0 Å². The first-order valence-corrected chi connectivity index (χ1v) is 10.5. The minimum absolute atomic E-state index is 0.0421. The van der Waals surface area contributed by atoms with Crippen LogP contribution in [0.5, 0.6) is 0 Å². The number of hydrogen-bond donors (Lipinski definition) is 2. The maximum atomic E-state index is 12.2. The summed E-state index contributed by atoms with van der Waals surface area (Å²) < 4.78 is 1.89. The number of nitrogens with zero attached hydrogens (tertiary/aromatic N) is 3. The second-order valence-electron chi connectivity index (χ2n) is 7.85. The van der Waals surface area contributed by atoms with E-state index >= 15 is 0 Å². The van der Waals surface area contributed by atoms with Gasteiger partial charge in [-0.1, -0.05) is 18.2 Å². The fourth-order valence-electron chi connectivity index (χ4n) is 3.94. The monoisotopic (exact) mass is 409 g/mol. The predicted molar refractivity (Wildman–Crippen MR) is 118 cm³/mol. The number of rotatable bonds is 8. The summed E-state index contributed by atoms with van der Waals surface area (Å²) in [4.78, 5) is 25.8. The van der Waals surface area contributed by atoms with Crippen LogP contribution in [0.1, 0.15) is 36.2 Å². The highest BCUT2D eigenvalue weighted by atomic mass is 16.1. The normalized spacial score (nSPS) is 17.3. The number of aryl methyl sites for hydroxylation is 1. The second kappa shape index (κ2) is 10.2. The molecule has 1 saturated heterocycles. The van der Waals surface area contributed by atoms with Crippen molar-refractivity contribution in [3.05, 3.63) is 53.4 Å². The van der Waals surface area contributed by atoms with Crippen molar-refractivity contribution in [2.24, 2.45) is 11.7 Å². The van der Waals surface area contributed by atoms with Crippen molar-refractivity contribution in [3.8, 4) is 5.69 Å². The van der Waals surface area contributed by atoms with Gasteiger partial charge in [-0.3, -0.25) is 9.59 Å². The molecule has 0 spiro atoms. The van der Waals surface area contributed by atoms with Crippen molar-refractivity contribution < 1.29 is 9.59 Å². The molecule has 0 aliphatic carbocycles. The van der Waals surface area contributed by atoms with E-state index in [2.05, 4.69) is 15.3 Å². The number of carbonyl (C=O) groups is 2. The smallest absolute Gasteiger partial charge is 0.244 e. The fourth-order valence-corrected chi connectivity index (χ4v) is 3.94. The SMILES string of the molecule is Cc1nn(-c2ccccc2)c(C)c1/C=C/C(=O)NCCCN1CCCC(C(N)=O)C1. The Morgan fingerprint density at radius 3 is 2.77 bits per heavy atom. The van der Waals surface area contributed by atoms with Crippen molar-refractivity contribution in [1.82, 2.24) is 20.0 Å². The number of nitrogens with two attached hydrogens (primary N) is 1. The maximum Gasteiger partial charge on any atom is 0.244 e. The lowest BCUT2D eigenvalue weighted by atomic mass is 9.97. The molecule has 3 rings (SSSR count). The van der Waals surface area contributed by atoms with Crippen LogP contribution in [0.4, 0.5) is 0 Å². The molecule has 30 heavy (non-hydrogen) atoms. The third-order valence-electron chi connectivity index (χ3n) is 5.61. The van der Waals surface area contributed by atoms with Gasteiger partial charge >= 0.3 is 0 Å². The Balaban J connectivity index is 1.47. The molecule has 1 unspecified atom stereocenters. The molecule has 3 N–H and O–H groups in total. The molecule has 0 saturated carbocycles. The van der Waals surface area contributed by atoms with Crippen LogP contribution in [0.25, 0.3) is 11.8 Å². The van der Waals surface area contributed by atoms with E-state index in [9.17, 15) is 9.59 Å². The first-order chi connectivity index (χ1) is 14.5. The van der Waals surface area contributed by atoms with Crippen LogP contribution in [-0.2, 0) is 9.59 Å². The highest BCUT2D eigenvalue weighted by molar-refractivity contribution is 5.92. The van der Waals surface area contributed by atoms with Crippen LogP contribution in [0, 0.1) is 19.8 Å². The Hall–Kier alpha value is -2.93. The van der Waals surface area contributed by atoms with Gasteiger partial charge in [-0.05, 0) is 64.4 Å². The van der Waals surface area contributed by atoms with Crippen molar-refractivity contribution in [2.45, 2.75) is 33.1 Å². The molecular formula is C23H31N5O2. The van der Waals surface area contributed by atoms with Gasteiger partial charge in [0.1, 0.15) is 0 Å². The number of benzene rings is 1. The number of nitrogens with one attached hydrogen (secondary N) is 1. The molecule has 1 atom stereocenters. The van der Waals surface area contributed by atoms with E-state index in [0.717, 1.165) is 61.5 Å². The van der Waals surface area contributed by atoms with Crippen LogP contribution in [0.2, 0.25) is 0 Å². The van der Waals surface area contributed by atoms with Crippen molar-refractivity contribution >= 4 is 17.9 Å². The lowest BCUT2D eigenvalue weighted by Crippen LogP contribution is -2.42. The highest BCUT2D eigenvalue weighted by Gasteiger charge is 2.23. The zero-order chi connectivity index (χ0) is 21.5. The molecule has 1 aromatic heterocycles. The Bertz CT molecular complexity index is 904. The fraction of sp³-hybridized carbons (Fsp3) is 0.435. The number of likely N-dealkylation sites (tertiary alicyclic amines) is 1. The summed E-state index contributed by atoms with van der Waals surface area (Å²) in [5, 5.41) is 7.53. The zero-order valence-corrected chi connectivity index (χ0v) is 17.8. The quantitative estimate of drug-likeness (QED) is 0.516. The number of aromatic nitrogens is 2. The Kier molecular flexibility index (Phi) is 7.41. The number of amides is 2. The molecule has 2 amide bonds. The molecule has 0 bridgehead atoms. The summed E-state index contributed by atoms with van der Waals surface area (Å²) in [6.07, 6.45) is 6.12.